The molecule has 0 amide bonds. The van der Waals surface area contributed by atoms with Crippen LogP contribution in [-0.4, -0.2) is 38.2 Å². The van der Waals surface area contributed by atoms with Crippen LogP contribution < -0.4 is 10.5 Å². The summed E-state index contributed by atoms with van der Waals surface area (Å²) in [7, 11) is 1.43. The number of aromatic carboxylic acids is 1. The predicted octanol–water partition coefficient (Wildman–Crippen LogP) is 2.88. The van der Waals surface area contributed by atoms with Crippen LogP contribution in [0.4, 0.5) is 5.82 Å². The third-order valence-electron chi connectivity index (χ3n) is 4.00. The molecule has 3 aromatic rings. The zero-order valence-corrected chi connectivity index (χ0v) is 14.7. The number of nitrogens with two attached hydrogens (primary N) is 1. The Morgan fingerprint density at radius 2 is 2.04 bits per heavy atom. The van der Waals surface area contributed by atoms with Gasteiger partial charge in [-0.15, -0.1) is 5.10 Å². The van der Waals surface area contributed by atoms with Gasteiger partial charge in [-0.2, -0.15) is 0 Å². The zero-order chi connectivity index (χ0) is 18.8. The molecule has 0 aliphatic rings. The summed E-state index contributed by atoms with van der Waals surface area (Å²) < 4.78 is 6.93. The highest BCUT2D eigenvalue weighted by Gasteiger charge is 2.15. The Labute approximate surface area is 150 Å². The first kappa shape index (κ1) is 17.4. The average Bonchev–Trinajstić information content (AvgIpc) is 3.11. The van der Waals surface area contributed by atoms with Crippen molar-refractivity contribution in [2.24, 2.45) is 0 Å². The molecule has 26 heavy (non-hydrogen) atoms. The van der Waals surface area contributed by atoms with Crippen molar-refractivity contribution in [1.29, 1.82) is 0 Å². The molecule has 8 heteroatoms. The molecule has 0 spiro atoms. The van der Waals surface area contributed by atoms with Crippen molar-refractivity contribution in [3.05, 3.63) is 42.2 Å². The highest BCUT2D eigenvalue weighted by atomic mass is 16.5. The van der Waals surface area contributed by atoms with Crippen molar-refractivity contribution in [1.82, 2.24) is 20.0 Å². The number of benzene rings is 1. The van der Waals surface area contributed by atoms with E-state index in [1.807, 2.05) is 26.1 Å². The second-order valence-electron chi connectivity index (χ2n) is 6.05. The topological polar surface area (TPSA) is 116 Å². The minimum absolute atomic E-state index is 0.0970. The van der Waals surface area contributed by atoms with Crippen molar-refractivity contribution in [2.45, 2.75) is 19.9 Å². The number of rotatable bonds is 5. The van der Waals surface area contributed by atoms with Crippen LogP contribution in [0, 0.1) is 0 Å². The van der Waals surface area contributed by atoms with Crippen molar-refractivity contribution in [2.75, 3.05) is 12.8 Å². The van der Waals surface area contributed by atoms with Crippen molar-refractivity contribution in [3.63, 3.8) is 0 Å². The van der Waals surface area contributed by atoms with Crippen LogP contribution in [0.2, 0.25) is 0 Å². The van der Waals surface area contributed by atoms with E-state index >= 15 is 0 Å². The van der Waals surface area contributed by atoms with Gasteiger partial charge < -0.3 is 15.6 Å². The van der Waals surface area contributed by atoms with Gasteiger partial charge in [0.1, 0.15) is 22.8 Å². The third kappa shape index (κ3) is 3.21. The smallest absolute Gasteiger partial charge is 0.339 e. The summed E-state index contributed by atoms with van der Waals surface area (Å²) in [6, 6.07) is 6.90. The van der Waals surface area contributed by atoms with Crippen molar-refractivity contribution < 1.29 is 14.6 Å². The molecule has 134 valence electrons. The van der Waals surface area contributed by atoms with E-state index < -0.39 is 5.97 Å². The van der Waals surface area contributed by atoms with Gasteiger partial charge in [-0.1, -0.05) is 11.3 Å². The maximum atomic E-state index is 11.2. The standard InChI is InChI=1S/C18H19N5O3/c1-10(2)23-9-15(21-22-23)14-6-12(8-20-17(14)19)11-4-5-13(18(24)25)16(7-11)26-3/h4-10H,1-3H3,(H2,19,20)(H,24,25). The summed E-state index contributed by atoms with van der Waals surface area (Å²) >= 11 is 0. The van der Waals surface area contributed by atoms with Crippen LogP contribution in [-0.2, 0) is 0 Å². The van der Waals surface area contributed by atoms with Gasteiger partial charge in [-0.25, -0.2) is 14.5 Å². The number of ether oxygens (including phenoxy) is 1. The quantitative estimate of drug-likeness (QED) is 0.724. The Morgan fingerprint density at radius 1 is 1.27 bits per heavy atom. The number of carboxylic acids is 1. The summed E-state index contributed by atoms with van der Waals surface area (Å²) in [5.41, 5.74) is 8.93. The molecule has 0 fully saturated rings. The van der Waals surface area contributed by atoms with Gasteiger partial charge in [-0.3, -0.25) is 0 Å². The van der Waals surface area contributed by atoms with E-state index in [9.17, 15) is 9.90 Å². The number of methoxy groups -OCH3 is 1. The molecule has 1 aromatic carbocycles. The number of hydrogen-bond donors (Lipinski definition) is 2. The zero-order valence-electron chi connectivity index (χ0n) is 14.7. The molecule has 2 heterocycles. The summed E-state index contributed by atoms with van der Waals surface area (Å²) in [4.78, 5) is 15.5. The highest BCUT2D eigenvalue weighted by Crippen LogP contribution is 2.31. The average molecular weight is 353 g/mol. The summed E-state index contributed by atoms with van der Waals surface area (Å²) in [5, 5.41) is 17.5. The molecule has 0 aliphatic carbocycles. The fourth-order valence-electron chi connectivity index (χ4n) is 2.54. The lowest BCUT2D eigenvalue weighted by molar-refractivity contribution is 0.0693. The fraction of sp³-hybridized carbons (Fsp3) is 0.222. The summed E-state index contributed by atoms with van der Waals surface area (Å²) in [5.74, 6) is -0.423. The first-order valence-electron chi connectivity index (χ1n) is 8.00. The Morgan fingerprint density at radius 3 is 2.65 bits per heavy atom. The lowest BCUT2D eigenvalue weighted by atomic mass is 10.0. The third-order valence-corrected chi connectivity index (χ3v) is 4.00. The van der Waals surface area contributed by atoms with Crippen molar-refractivity contribution >= 4 is 11.8 Å². The van der Waals surface area contributed by atoms with Crippen LogP contribution in [0.1, 0.15) is 30.2 Å². The Bertz CT molecular complexity index is 965. The molecule has 0 aliphatic heterocycles. The molecule has 0 atom stereocenters. The second kappa shape index (κ2) is 6.83. The van der Waals surface area contributed by atoms with Gasteiger partial charge >= 0.3 is 5.97 Å². The number of nitrogen functional groups attached to an aromatic ring is 1. The van der Waals surface area contributed by atoms with Crippen molar-refractivity contribution in [3.8, 4) is 28.1 Å². The van der Waals surface area contributed by atoms with Gasteiger partial charge in [0.2, 0.25) is 0 Å². The number of carboxylic acid groups (broad SMARTS) is 1. The molecule has 0 saturated heterocycles. The maximum absolute atomic E-state index is 11.2. The van der Waals surface area contributed by atoms with Gasteiger partial charge in [-0.05, 0) is 37.6 Å². The maximum Gasteiger partial charge on any atom is 0.339 e. The summed E-state index contributed by atoms with van der Waals surface area (Å²) in [6.45, 7) is 4.01. The number of carbonyl (C=O) groups is 1. The van der Waals surface area contributed by atoms with Gasteiger partial charge in [0, 0.05) is 23.4 Å². The number of nitrogens with zero attached hydrogens (tertiary/aromatic N) is 4. The lowest BCUT2D eigenvalue weighted by Gasteiger charge is -2.10. The molecule has 0 bridgehead atoms. The fourth-order valence-corrected chi connectivity index (χ4v) is 2.54. The van der Waals surface area contributed by atoms with E-state index in [1.54, 1.807) is 23.0 Å². The second-order valence-corrected chi connectivity index (χ2v) is 6.05. The van der Waals surface area contributed by atoms with E-state index in [-0.39, 0.29) is 17.4 Å². The molecular formula is C18H19N5O3. The molecular weight excluding hydrogens is 334 g/mol. The Kier molecular flexibility index (Phi) is 4.57. The van der Waals surface area contributed by atoms with E-state index in [2.05, 4.69) is 15.3 Å². The minimum atomic E-state index is -1.05. The van der Waals surface area contributed by atoms with E-state index in [4.69, 9.17) is 10.5 Å². The number of anilines is 1. The molecule has 2 aromatic heterocycles. The predicted molar refractivity (Wildman–Crippen MR) is 97.0 cm³/mol. The molecule has 3 N–H and O–H groups in total. The molecule has 0 unspecified atom stereocenters. The van der Waals surface area contributed by atoms with E-state index in [0.29, 0.717) is 17.1 Å². The largest absolute Gasteiger partial charge is 0.496 e. The Balaban J connectivity index is 2.06. The molecule has 3 rings (SSSR count). The molecule has 0 saturated carbocycles. The van der Waals surface area contributed by atoms with Crippen LogP contribution in [0.5, 0.6) is 5.75 Å². The first-order chi connectivity index (χ1) is 12.4. The minimum Gasteiger partial charge on any atom is -0.496 e. The van der Waals surface area contributed by atoms with Crippen LogP contribution in [0.3, 0.4) is 0 Å². The van der Waals surface area contributed by atoms with Gasteiger partial charge in [0.15, 0.2) is 0 Å². The SMILES string of the molecule is COc1cc(-c2cnc(N)c(-c3cn(C(C)C)nn3)c2)ccc1C(=O)O. The number of pyridine rings is 1. The normalized spacial score (nSPS) is 10.9. The molecule has 0 radical (unpaired) electrons. The Hall–Kier alpha value is -3.42. The number of hydrogen-bond acceptors (Lipinski definition) is 6. The lowest BCUT2D eigenvalue weighted by Crippen LogP contribution is -2.01. The van der Waals surface area contributed by atoms with Gasteiger partial charge in [0.25, 0.3) is 0 Å². The van der Waals surface area contributed by atoms with Crippen LogP contribution >= 0.6 is 0 Å². The monoisotopic (exact) mass is 353 g/mol. The van der Waals surface area contributed by atoms with Gasteiger partial charge in [0.05, 0.1) is 13.3 Å². The first-order valence-corrected chi connectivity index (χ1v) is 8.00. The van der Waals surface area contributed by atoms with Crippen LogP contribution in [0.15, 0.2) is 36.7 Å². The summed E-state index contributed by atoms with van der Waals surface area (Å²) in [6.07, 6.45) is 3.44. The van der Waals surface area contributed by atoms with E-state index in [0.717, 1.165) is 11.1 Å². The highest BCUT2D eigenvalue weighted by molar-refractivity contribution is 5.92. The molecule has 8 nitrogen and oxygen atoms in total. The van der Waals surface area contributed by atoms with E-state index in [1.165, 1.54) is 13.2 Å². The number of aromatic nitrogens is 4. The van der Waals surface area contributed by atoms with Crippen LogP contribution in [0.25, 0.3) is 22.4 Å².